The number of benzene rings is 1. The third kappa shape index (κ3) is 2.82. The fourth-order valence-corrected chi connectivity index (χ4v) is 1.45. The van der Waals surface area contributed by atoms with Crippen LogP contribution in [0.1, 0.15) is 5.89 Å². The van der Waals surface area contributed by atoms with E-state index in [2.05, 4.69) is 15.5 Å². The zero-order valence-electron chi connectivity index (χ0n) is 9.93. The molecule has 0 aliphatic heterocycles. The standard InChI is InChI=1S/C12H15N3O2/c1-13-8-7-11-14-12(15-17-11)9-3-5-10(16-2)6-4-9/h3-6,13H,7-8H2,1-2H3. The number of rotatable bonds is 5. The van der Waals surface area contributed by atoms with E-state index in [1.54, 1.807) is 7.11 Å². The van der Waals surface area contributed by atoms with Crippen LogP contribution in [0.25, 0.3) is 11.4 Å². The van der Waals surface area contributed by atoms with Crippen LogP contribution in [0.2, 0.25) is 0 Å². The van der Waals surface area contributed by atoms with Gasteiger partial charge in [0.25, 0.3) is 0 Å². The Kier molecular flexibility index (Phi) is 3.72. The van der Waals surface area contributed by atoms with E-state index in [9.17, 15) is 0 Å². The van der Waals surface area contributed by atoms with Crippen molar-refractivity contribution in [1.82, 2.24) is 15.5 Å². The Labute approximate surface area is 99.8 Å². The fraction of sp³-hybridized carbons (Fsp3) is 0.333. The molecule has 1 aromatic heterocycles. The van der Waals surface area contributed by atoms with Gasteiger partial charge in [0.15, 0.2) is 0 Å². The maximum atomic E-state index is 5.15. The maximum absolute atomic E-state index is 5.15. The van der Waals surface area contributed by atoms with E-state index in [0.29, 0.717) is 11.7 Å². The molecule has 0 saturated heterocycles. The molecule has 1 aromatic carbocycles. The van der Waals surface area contributed by atoms with Crippen molar-refractivity contribution in [3.8, 4) is 17.1 Å². The van der Waals surface area contributed by atoms with Crippen LogP contribution in [-0.2, 0) is 6.42 Å². The van der Waals surface area contributed by atoms with Crippen molar-refractivity contribution in [2.24, 2.45) is 0 Å². The molecule has 1 heterocycles. The second-order valence-corrected chi connectivity index (χ2v) is 3.59. The Morgan fingerprint density at radius 3 is 2.71 bits per heavy atom. The highest BCUT2D eigenvalue weighted by molar-refractivity contribution is 5.55. The zero-order valence-corrected chi connectivity index (χ0v) is 9.93. The lowest BCUT2D eigenvalue weighted by Gasteiger charge is -1.98. The van der Waals surface area contributed by atoms with Gasteiger partial charge in [-0.3, -0.25) is 0 Å². The number of nitrogens with one attached hydrogen (secondary N) is 1. The van der Waals surface area contributed by atoms with Crippen molar-refractivity contribution in [1.29, 1.82) is 0 Å². The molecule has 90 valence electrons. The second kappa shape index (κ2) is 5.45. The van der Waals surface area contributed by atoms with Gasteiger partial charge >= 0.3 is 0 Å². The molecule has 0 aliphatic carbocycles. The maximum Gasteiger partial charge on any atom is 0.228 e. The summed E-state index contributed by atoms with van der Waals surface area (Å²) in [6.45, 7) is 0.824. The normalized spacial score (nSPS) is 10.5. The summed E-state index contributed by atoms with van der Waals surface area (Å²) in [4.78, 5) is 4.31. The SMILES string of the molecule is CNCCc1nc(-c2ccc(OC)cc2)no1. The second-order valence-electron chi connectivity index (χ2n) is 3.59. The molecule has 0 unspecified atom stereocenters. The van der Waals surface area contributed by atoms with Crippen molar-refractivity contribution in [2.45, 2.75) is 6.42 Å². The highest BCUT2D eigenvalue weighted by Crippen LogP contribution is 2.19. The number of methoxy groups -OCH3 is 1. The average Bonchev–Trinajstić information content (AvgIpc) is 2.85. The molecule has 0 saturated carbocycles. The molecule has 0 aliphatic rings. The molecule has 1 N–H and O–H groups in total. The summed E-state index contributed by atoms with van der Waals surface area (Å²) in [5.41, 5.74) is 0.922. The minimum absolute atomic E-state index is 0.610. The van der Waals surface area contributed by atoms with Crippen molar-refractivity contribution in [2.75, 3.05) is 20.7 Å². The lowest BCUT2D eigenvalue weighted by Crippen LogP contribution is -2.10. The smallest absolute Gasteiger partial charge is 0.228 e. The minimum atomic E-state index is 0.610. The predicted molar refractivity (Wildman–Crippen MR) is 63.9 cm³/mol. The first-order valence-corrected chi connectivity index (χ1v) is 5.45. The number of likely N-dealkylation sites (N-methyl/N-ethyl adjacent to an activating group) is 1. The molecule has 0 amide bonds. The molecule has 2 aromatic rings. The van der Waals surface area contributed by atoms with Crippen LogP contribution in [0.3, 0.4) is 0 Å². The lowest BCUT2D eigenvalue weighted by atomic mass is 10.2. The highest BCUT2D eigenvalue weighted by atomic mass is 16.5. The summed E-state index contributed by atoms with van der Waals surface area (Å²) in [6.07, 6.45) is 0.736. The van der Waals surface area contributed by atoms with Crippen LogP contribution in [0.5, 0.6) is 5.75 Å². The molecular formula is C12H15N3O2. The first-order chi connectivity index (χ1) is 8.33. The van der Waals surface area contributed by atoms with Gasteiger partial charge in [0.1, 0.15) is 5.75 Å². The first kappa shape index (κ1) is 11.6. The van der Waals surface area contributed by atoms with Gasteiger partial charge in [-0.15, -0.1) is 0 Å². The molecule has 5 heteroatoms. The quantitative estimate of drug-likeness (QED) is 0.848. The van der Waals surface area contributed by atoms with E-state index in [1.165, 1.54) is 0 Å². The molecule has 0 radical (unpaired) electrons. The van der Waals surface area contributed by atoms with E-state index in [4.69, 9.17) is 9.26 Å². The summed E-state index contributed by atoms with van der Waals surface area (Å²) in [7, 11) is 3.53. The van der Waals surface area contributed by atoms with Gasteiger partial charge in [-0.25, -0.2) is 0 Å². The average molecular weight is 233 g/mol. The number of hydrogen-bond acceptors (Lipinski definition) is 5. The monoisotopic (exact) mass is 233 g/mol. The van der Waals surface area contributed by atoms with Gasteiger partial charge in [0.2, 0.25) is 11.7 Å². The fourth-order valence-electron chi connectivity index (χ4n) is 1.45. The largest absolute Gasteiger partial charge is 0.497 e. The van der Waals surface area contributed by atoms with Crippen LogP contribution >= 0.6 is 0 Å². The van der Waals surface area contributed by atoms with E-state index in [-0.39, 0.29) is 0 Å². The van der Waals surface area contributed by atoms with Crippen LogP contribution in [0.15, 0.2) is 28.8 Å². The number of nitrogens with zero attached hydrogens (tertiary/aromatic N) is 2. The number of aromatic nitrogens is 2. The van der Waals surface area contributed by atoms with Gasteiger partial charge in [0, 0.05) is 18.5 Å². The lowest BCUT2D eigenvalue weighted by molar-refractivity contribution is 0.377. The third-order valence-corrected chi connectivity index (χ3v) is 2.41. The Morgan fingerprint density at radius 1 is 1.29 bits per heavy atom. The van der Waals surface area contributed by atoms with E-state index in [1.807, 2.05) is 31.3 Å². The topological polar surface area (TPSA) is 60.2 Å². The van der Waals surface area contributed by atoms with E-state index >= 15 is 0 Å². The van der Waals surface area contributed by atoms with Gasteiger partial charge in [-0.05, 0) is 31.3 Å². The summed E-state index contributed by atoms with van der Waals surface area (Å²) in [6, 6.07) is 7.56. The molecule has 2 rings (SSSR count). The molecule has 0 atom stereocenters. The van der Waals surface area contributed by atoms with Gasteiger partial charge in [-0.2, -0.15) is 4.98 Å². The van der Waals surface area contributed by atoms with Crippen LogP contribution in [0, 0.1) is 0 Å². The van der Waals surface area contributed by atoms with Gasteiger partial charge < -0.3 is 14.6 Å². The zero-order chi connectivity index (χ0) is 12.1. The first-order valence-electron chi connectivity index (χ1n) is 5.45. The Hall–Kier alpha value is -1.88. The summed E-state index contributed by atoms with van der Waals surface area (Å²) >= 11 is 0. The van der Waals surface area contributed by atoms with Crippen molar-refractivity contribution in [3.05, 3.63) is 30.2 Å². The third-order valence-electron chi connectivity index (χ3n) is 2.41. The minimum Gasteiger partial charge on any atom is -0.497 e. The predicted octanol–water partition coefficient (Wildman–Crippen LogP) is 1.51. The Balaban J connectivity index is 2.12. The summed E-state index contributed by atoms with van der Waals surface area (Å²) in [5, 5.41) is 6.98. The van der Waals surface area contributed by atoms with Crippen LogP contribution in [0.4, 0.5) is 0 Å². The number of hydrogen-bond donors (Lipinski definition) is 1. The summed E-state index contributed by atoms with van der Waals surface area (Å²) in [5.74, 6) is 2.07. The van der Waals surface area contributed by atoms with Crippen molar-refractivity contribution >= 4 is 0 Å². The van der Waals surface area contributed by atoms with E-state index in [0.717, 1.165) is 24.3 Å². The van der Waals surface area contributed by atoms with Crippen molar-refractivity contribution < 1.29 is 9.26 Å². The highest BCUT2D eigenvalue weighted by Gasteiger charge is 2.07. The van der Waals surface area contributed by atoms with E-state index < -0.39 is 0 Å². The van der Waals surface area contributed by atoms with Crippen LogP contribution in [-0.4, -0.2) is 30.8 Å². The molecule has 0 bridgehead atoms. The van der Waals surface area contributed by atoms with Gasteiger partial charge in [0.05, 0.1) is 7.11 Å². The molecule has 0 fully saturated rings. The van der Waals surface area contributed by atoms with Gasteiger partial charge in [-0.1, -0.05) is 5.16 Å². The molecule has 0 spiro atoms. The Morgan fingerprint density at radius 2 is 2.06 bits per heavy atom. The molecular weight excluding hydrogens is 218 g/mol. The molecule has 5 nitrogen and oxygen atoms in total. The van der Waals surface area contributed by atoms with Crippen LogP contribution < -0.4 is 10.1 Å². The molecule has 17 heavy (non-hydrogen) atoms. The Bertz CT molecular complexity index is 465. The van der Waals surface area contributed by atoms with Crippen molar-refractivity contribution in [3.63, 3.8) is 0 Å². The number of ether oxygens (including phenoxy) is 1. The summed E-state index contributed by atoms with van der Waals surface area (Å²) < 4.78 is 10.2.